The molecule has 7 nitrogen and oxygen atoms in total. The van der Waals surface area contributed by atoms with Crippen molar-refractivity contribution in [2.75, 3.05) is 11.9 Å². The van der Waals surface area contributed by atoms with Gasteiger partial charge in [0, 0.05) is 13.1 Å². The van der Waals surface area contributed by atoms with Gasteiger partial charge in [-0.15, -0.1) is 0 Å². The molecule has 1 aliphatic rings. The third-order valence-corrected chi connectivity index (χ3v) is 4.55. The lowest BCUT2D eigenvalue weighted by Gasteiger charge is -2.17. The Balaban J connectivity index is 1.50. The average molecular weight is 337 g/mol. The molecule has 0 spiro atoms. The topological polar surface area (TPSA) is 84.2 Å². The molecular formula is C18H19N5O2. The van der Waals surface area contributed by atoms with E-state index in [9.17, 15) is 4.79 Å². The molecule has 1 atom stereocenters. The number of carbonyl (C=O) groups is 1. The van der Waals surface area contributed by atoms with Crippen LogP contribution in [0.1, 0.15) is 23.2 Å². The first-order chi connectivity index (χ1) is 12.1. The zero-order valence-corrected chi connectivity index (χ0v) is 14.2. The number of anilines is 1. The van der Waals surface area contributed by atoms with E-state index in [1.807, 2.05) is 11.8 Å². The number of rotatable bonds is 4. The van der Waals surface area contributed by atoms with Gasteiger partial charge in [0.05, 0.1) is 5.69 Å². The number of benzene rings is 1. The van der Waals surface area contributed by atoms with Crippen LogP contribution in [0.2, 0.25) is 0 Å². The van der Waals surface area contributed by atoms with Crippen molar-refractivity contribution < 1.29 is 9.32 Å². The van der Waals surface area contributed by atoms with Crippen LogP contribution in [0, 0.1) is 13.8 Å². The Morgan fingerprint density at radius 3 is 2.84 bits per heavy atom. The van der Waals surface area contributed by atoms with Gasteiger partial charge in [-0.3, -0.25) is 4.79 Å². The second-order valence-corrected chi connectivity index (χ2v) is 6.40. The second kappa shape index (κ2) is 6.16. The normalized spacial score (nSPS) is 17.4. The Hall–Kier alpha value is -2.96. The van der Waals surface area contributed by atoms with E-state index in [0.29, 0.717) is 23.8 Å². The molecule has 4 rings (SSSR count). The van der Waals surface area contributed by atoms with Gasteiger partial charge < -0.3 is 14.7 Å². The molecular weight excluding hydrogens is 318 g/mol. The SMILES string of the molecule is Cc1ccc(CN2CCC(Nc3ncnc4onc(C)c34)C2=O)cc1. The van der Waals surface area contributed by atoms with Crippen molar-refractivity contribution >= 4 is 22.8 Å². The van der Waals surface area contributed by atoms with Gasteiger partial charge in [-0.2, -0.15) is 4.98 Å². The van der Waals surface area contributed by atoms with E-state index in [1.165, 1.54) is 11.9 Å². The zero-order chi connectivity index (χ0) is 17.4. The van der Waals surface area contributed by atoms with Crippen LogP contribution >= 0.6 is 0 Å². The minimum absolute atomic E-state index is 0.0847. The van der Waals surface area contributed by atoms with Crippen molar-refractivity contribution in [3.8, 4) is 0 Å². The molecule has 0 aliphatic carbocycles. The summed E-state index contributed by atoms with van der Waals surface area (Å²) >= 11 is 0. The number of nitrogens with zero attached hydrogens (tertiary/aromatic N) is 4. The van der Waals surface area contributed by atoms with Crippen LogP contribution in [0.5, 0.6) is 0 Å². The quantitative estimate of drug-likeness (QED) is 0.787. The first-order valence-electron chi connectivity index (χ1n) is 8.29. The van der Waals surface area contributed by atoms with Crippen LogP contribution in [0.3, 0.4) is 0 Å². The summed E-state index contributed by atoms with van der Waals surface area (Å²) in [4.78, 5) is 22.9. The summed E-state index contributed by atoms with van der Waals surface area (Å²) in [6, 6.07) is 7.98. The van der Waals surface area contributed by atoms with Crippen molar-refractivity contribution in [3.05, 3.63) is 47.4 Å². The molecule has 0 bridgehead atoms. The summed E-state index contributed by atoms with van der Waals surface area (Å²) in [6.07, 6.45) is 2.15. The highest BCUT2D eigenvalue weighted by Gasteiger charge is 2.32. The Kier molecular flexibility index (Phi) is 3.83. The standard InChI is InChI=1S/C18H19N5O2/c1-11-3-5-13(6-4-11)9-23-8-7-14(18(23)24)21-16-15-12(2)22-25-17(15)20-10-19-16/h3-6,10,14H,7-9H2,1-2H3,(H,19,20,21). The maximum Gasteiger partial charge on any atom is 0.263 e. The van der Waals surface area contributed by atoms with E-state index in [0.717, 1.165) is 23.9 Å². The highest BCUT2D eigenvalue weighted by atomic mass is 16.5. The minimum atomic E-state index is -0.294. The predicted octanol–water partition coefficient (Wildman–Crippen LogP) is 2.45. The first-order valence-corrected chi connectivity index (χ1v) is 8.29. The van der Waals surface area contributed by atoms with E-state index >= 15 is 0 Å². The van der Waals surface area contributed by atoms with Gasteiger partial charge in [0.25, 0.3) is 5.71 Å². The largest absolute Gasteiger partial charge is 0.358 e. The molecule has 1 aliphatic heterocycles. The van der Waals surface area contributed by atoms with Gasteiger partial charge in [-0.1, -0.05) is 35.0 Å². The fourth-order valence-electron chi connectivity index (χ4n) is 3.14. The third kappa shape index (κ3) is 2.93. The van der Waals surface area contributed by atoms with Gasteiger partial charge in [-0.25, -0.2) is 4.98 Å². The Bertz CT molecular complexity index is 919. The Morgan fingerprint density at radius 2 is 2.04 bits per heavy atom. The first kappa shape index (κ1) is 15.6. The number of carbonyl (C=O) groups excluding carboxylic acids is 1. The van der Waals surface area contributed by atoms with Crippen molar-refractivity contribution in [2.45, 2.75) is 32.9 Å². The molecule has 7 heteroatoms. The minimum Gasteiger partial charge on any atom is -0.358 e. The molecule has 3 heterocycles. The van der Waals surface area contributed by atoms with Crippen LogP contribution in [0.4, 0.5) is 5.82 Å². The van der Waals surface area contributed by atoms with Crippen LogP contribution in [-0.2, 0) is 11.3 Å². The molecule has 1 N–H and O–H groups in total. The molecule has 128 valence electrons. The number of nitrogens with one attached hydrogen (secondary N) is 1. The highest BCUT2D eigenvalue weighted by Crippen LogP contribution is 2.25. The maximum atomic E-state index is 12.7. The molecule has 1 fully saturated rings. The third-order valence-electron chi connectivity index (χ3n) is 4.55. The van der Waals surface area contributed by atoms with Crippen molar-refractivity contribution in [3.63, 3.8) is 0 Å². The van der Waals surface area contributed by atoms with E-state index in [1.54, 1.807) is 0 Å². The van der Waals surface area contributed by atoms with Crippen LogP contribution in [0.15, 0.2) is 35.1 Å². The smallest absolute Gasteiger partial charge is 0.263 e. The molecule has 1 unspecified atom stereocenters. The molecule has 0 radical (unpaired) electrons. The summed E-state index contributed by atoms with van der Waals surface area (Å²) < 4.78 is 5.15. The van der Waals surface area contributed by atoms with Gasteiger partial charge in [0.2, 0.25) is 5.91 Å². The average Bonchev–Trinajstić information content (AvgIpc) is 3.15. The van der Waals surface area contributed by atoms with E-state index < -0.39 is 0 Å². The number of fused-ring (bicyclic) bond motifs is 1. The number of aromatic nitrogens is 3. The monoisotopic (exact) mass is 337 g/mol. The van der Waals surface area contributed by atoms with Gasteiger partial charge >= 0.3 is 0 Å². The summed E-state index contributed by atoms with van der Waals surface area (Å²) in [5, 5.41) is 7.89. The fraction of sp³-hybridized carbons (Fsp3) is 0.333. The van der Waals surface area contributed by atoms with Gasteiger partial charge in [0.1, 0.15) is 23.6 Å². The molecule has 1 amide bonds. The van der Waals surface area contributed by atoms with E-state index in [-0.39, 0.29) is 11.9 Å². The molecule has 2 aromatic heterocycles. The number of likely N-dealkylation sites (tertiary alicyclic amines) is 1. The van der Waals surface area contributed by atoms with Crippen molar-refractivity contribution in [2.24, 2.45) is 0 Å². The zero-order valence-electron chi connectivity index (χ0n) is 14.2. The molecule has 1 saturated heterocycles. The van der Waals surface area contributed by atoms with Crippen LogP contribution < -0.4 is 5.32 Å². The number of amides is 1. The van der Waals surface area contributed by atoms with Crippen LogP contribution in [0.25, 0.3) is 11.1 Å². The number of aryl methyl sites for hydroxylation is 2. The number of hydrogen-bond acceptors (Lipinski definition) is 6. The lowest BCUT2D eigenvalue weighted by Crippen LogP contribution is -2.33. The lowest BCUT2D eigenvalue weighted by molar-refractivity contribution is -0.128. The summed E-state index contributed by atoms with van der Waals surface area (Å²) in [7, 11) is 0. The van der Waals surface area contributed by atoms with Crippen LogP contribution in [-0.4, -0.2) is 38.5 Å². The fourth-order valence-corrected chi connectivity index (χ4v) is 3.14. The predicted molar refractivity (Wildman–Crippen MR) is 93.0 cm³/mol. The number of hydrogen-bond donors (Lipinski definition) is 1. The van der Waals surface area contributed by atoms with Gasteiger partial charge in [-0.05, 0) is 25.8 Å². The second-order valence-electron chi connectivity index (χ2n) is 6.40. The molecule has 3 aromatic rings. The van der Waals surface area contributed by atoms with Gasteiger partial charge in [0.15, 0.2) is 0 Å². The highest BCUT2D eigenvalue weighted by molar-refractivity contribution is 5.92. The summed E-state index contributed by atoms with van der Waals surface area (Å²) in [6.45, 7) is 5.24. The lowest BCUT2D eigenvalue weighted by atomic mass is 10.1. The molecule has 1 aromatic carbocycles. The molecule has 0 saturated carbocycles. The van der Waals surface area contributed by atoms with Crippen molar-refractivity contribution in [1.82, 2.24) is 20.0 Å². The summed E-state index contributed by atoms with van der Waals surface area (Å²) in [5.41, 5.74) is 3.49. The summed E-state index contributed by atoms with van der Waals surface area (Å²) in [5.74, 6) is 0.681. The van der Waals surface area contributed by atoms with E-state index in [2.05, 4.69) is 51.6 Å². The Morgan fingerprint density at radius 1 is 1.24 bits per heavy atom. The molecule has 25 heavy (non-hydrogen) atoms. The van der Waals surface area contributed by atoms with Crippen molar-refractivity contribution in [1.29, 1.82) is 0 Å². The van der Waals surface area contributed by atoms with E-state index in [4.69, 9.17) is 4.52 Å². The maximum absolute atomic E-state index is 12.7. The Labute approximate surface area is 145 Å².